The Morgan fingerprint density at radius 2 is 1.71 bits per heavy atom. The number of hydrogen-bond donors (Lipinski definition) is 3. The Labute approximate surface area is 144 Å². The van der Waals surface area contributed by atoms with Gasteiger partial charge in [0.2, 0.25) is 11.8 Å². The molecule has 7 nitrogen and oxygen atoms in total. The topological polar surface area (TPSA) is 127 Å². The number of rotatable bonds is 12. The van der Waals surface area contributed by atoms with Gasteiger partial charge in [0.25, 0.3) is 0 Å². The molecule has 140 valence electrons. The van der Waals surface area contributed by atoms with Gasteiger partial charge < -0.3 is 16.6 Å². The number of carboxylic acid groups (broad SMARTS) is 1. The minimum Gasteiger partial charge on any atom is -0.480 e. The Morgan fingerprint density at radius 1 is 1.08 bits per heavy atom. The second kappa shape index (κ2) is 11.1. The van der Waals surface area contributed by atoms with Crippen LogP contribution in [0.25, 0.3) is 0 Å². The van der Waals surface area contributed by atoms with Crippen molar-refractivity contribution in [3.05, 3.63) is 0 Å². The van der Waals surface area contributed by atoms with Crippen LogP contribution >= 0.6 is 0 Å². The van der Waals surface area contributed by atoms with E-state index in [1.807, 2.05) is 20.8 Å². The van der Waals surface area contributed by atoms with Crippen LogP contribution in [0.5, 0.6) is 0 Å². The number of amides is 2. The normalized spacial score (nSPS) is 11.6. The number of imide groups is 1. The van der Waals surface area contributed by atoms with Crippen LogP contribution in [0.3, 0.4) is 0 Å². The lowest BCUT2D eigenvalue weighted by atomic mass is 9.99. The van der Waals surface area contributed by atoms with E-state index in [0.717, 1.165) is 30.6 Å². The summed E-state index contributed by atoms with van der Waals surface area (Å²) in [5.41, 5.74) is 10.7. The van der Waals surface area contributed by atoms with Crippen LogP contribution in [-0.4, -0.2) is 40.0 Å². The molecule has 0 heterocycles. The Morgan fingerprint density at radius 3 is 2.21 bits per heavy atom. The predicted molar refractivity (Wildman–Crippen MR) is 92.9 cm³/mol. The third kappa shape index (κ3) is 10.3. The van der Waals surface area contributed by atoms with Crippen LogP contribution in [0.2, 0.25) is 0 Å². The molecule has 0 aromatic heterocycles. The lowest BCUT2D eigenvalue weighted by Crippen LogP contribution is -2.54. The van der Waals surface area contributed by atoms with Crippen LogP contribution in [0.1, 0.15) is 72.1 Å². The van der Waals surface area contributed by atoms with Crippen LogP contribution < -0.4 is 11.5 Å². The van der Waals surface area contributed by atoms with Gasteiger partial charge >= 0.3 is 5.97 Å². The number of aliphatic carboxylic acids is 1. The van der Waals surface area contributed by atoms with E-state index in [0.29, 0.717) is 18.8 Å². The van der Waals surface area contributed by atoms with Crippen LogP contribution in [-0.2, 0) is 14.4 Å². The molecule has 0 radical (unpaired) electrons. The average Bonchev–Trinajstić information content (AvgIpc) is 2.43. The molecule has 0 fully saturated rings. The first kappa shape index (κ1) is 22.5. The summed E-state index contributed by atoms with van der Waals surface area (Å²) in [4.78, 5) is 36.3. The van der Waals surface area contributed by atoms with E-state index in [-0.39, 0.29) is 12.8 Å². The average molecular weight is 343 g/mol. The van der Waals surface area contributed by atoms with Crippen molar-refractivity contribution in [3.8, 4) is 0 Å². The van der Waals surface area contributed by atoms with Crippen molar-refractivity contribution >= 4 is 17.8 Å². The van der Waals surface area contributed by atoms with Gasteiger partial charge in [0, 0.05) is 6.42 Å². The maximum Gasteiger partial charge on any atom is 0.323 e. The zero-order chi connectivity index (χ0) is 18.8. The molecule has 0 saturated heterocycles. The smallest absolute Gasteiger partial charge is 0.323 e. The van der Waals surface area contributed by atoms with E-state index in [4.69, 9.17) is 16.6 Å². The monoisotopic (exact) mass is 343 g/mol. The highest BCUT2D eigenvalue weighted by molar-refractivity contribution is 5.98. The molecular formula is C17H33N3O4. The zero-order valence-corrected chi connectivity index (χ0v) is 15.2. The van der Waals surface area contributed by atoms with Crippen LogP contribution in [0.4, 0.5) is 0 Å². The predicted octanol–water partition coefficient (Wildman–Crippen LogP) is 1.84. The van der Waals surface area contributed by atoms with Crippen molar-refractivity contribution < 1.29 is 19.5 Å². The highest BCUT2D eigenvalue weighted by atomic mass is 16.4. The SMILES string of the molecule is CCCCCC(N)(N)CC(=O)N(CC(=O)O)C(=O)CCCC(C)C. The Hall–Kier alpha value is -1.47. The van der Waals surface area contributed by atoms with E-state index in [9.17, 15) is 14.4 Å². The molecule has 0 aliphatic rings. The molecule has 0 saturated carbocycles. The Balaban J connectivity index is 4.74. The van der Waals surface area contributed by atoms with E-state index in [2.05, 4.69) is 0 Å². The quantitative estimate of drug-likeness (QED) is 0.366. The van der Waals surface area contributed by atoms with Gasteiger partial charge in [-0.15, -0.1) is 0 Å². The molecule has 7 heteroatoms. The van der Waals surface area contributed by atoms with Crippen molar-refractivity contribution in [2.45, 2.75) is 77.8 Å². The number of unbranched alkanes of at least 4 members (excludes halogenated alkanes) is 2. The summed E-state index contributed by atoms with van der Waals surface area (Å²) in [6.07, 6.45) is 4.57. The molecule has 0 rings (SSSR count). The molecule has 0 aliphatic heterocycles. The summed E-state index contributed by atoms with van der Waals surface area (Å²) in [5, 5.41) is 8.96. The minimum absolute atomic E-state index is 0.148. The van der Waals surface area contributed by atoms with Gasteiger partial charge in [-0.1, -0.05) is 46.5 Å². The largest absolute Gasteiger partial charge is 0.480 e. The first-order valence-corrected chi connectivity index (χ1v) is 8.71. The van der Waals surface area contributed by atoms with E-state index >= 15 is 0 Å². The maximum atomic E-state index is 12.3. The molecular weight excluding hydrogens is 310 g/mol. The second-order valence-electron chi connectivity index (χ2n) is 6.92. The fourth-order valence-corrected chi connectivity index (χ4v) is 2.42. The van der Waals surface area contributed by atoms with Gasteiger partial charge in [-0.25, -0.2) is 0 Å². The van der Waals surface area contributed by atoms with E-state index in [1.165, 1.54) is 0 Å². The molecule has 0 atom stereocenters. The molecule has 0 aromatic carbocycles. The molecule has 2 amide bonds. The van der Waals surface area contributed by atoms with Crippen molar-refractivity contribution in [1.29, 1.82) is 0 Å². The molecule has 5 N–H and O–H groups in total. The number of carbonyl (C=O) groups is 3. The maximum absolute atomic E-state index is 12.3. The number of hydrogen-bond acceptors (Lipinski definition) is 5. The van der Waals surface area contributed by atoms with Crippen molar-refractivity contribution in [2.75, 3.05) is 6.54 Å². The van der Waals surface area contributed by atoms with Gasteiger partial charge in [-0.2, -0.15) is 0 Å². The molecule has 0 unspecified atom stereocenters. The molecule has 0 aliphatic carbocycles. The second-order valence-corrected chi connectivity index (χ2v) is 6.92. The Bertz CT molecular complexity index is 422. The van der Waals surface area contributed by atoms with Crippen LogP contribution in [0, 0.1) is 5.92 Å². The van der Waals surface area contributed by atoms with Gasteiger partial charge in [-0.3, -0.25) is 19.3 Å². The van der Waals surface area contributed by atoms with E-state index < -0.39 is 30.0 Å². The first-order chi connectivity index (χ1) is 11.1. The molecule has 0 bridgehead atoms. The highest BCUT2D eigenvalue weighted by Crippen LogP contribution is 2.14. The fourth-order valence-electron chi connectivity index (χ4n) is 2.42. The van der Waals surface area contributed by atoms with Gasteiger partial charge in [-0.05, 0) is 18.8 Å². The van der Waals surface area contributed by atoms with Gasteiger partial charge in [0.05, 0.1) is 12.1 Å². The zero-order valence-electron chi connectivity index (χ0n) is 15.2. The summed E-state index contributed by atoms with van der Waals surface area (Å²) < 4.78 is 0. The summed E-state index contributed by atoms with van der Waals surface area (Å²) in [6, 6.07) is 0. The third-order valence-corrected chi connectivity index (χ3v) is 3.79. The number of carbonyl (C=O) groups excluding carboxylic acids is 2. The standard InChI is InChI=1S/C17H33N3O4/c1-4-5-6-10-17(18,19)11-15(22)20(12-16(23)24)14(21)9-7-8-13(2)3/h13H,4-12,18-19H2,1-3H3,(H,23,24). The third-order valence-electron chi connectivity index (χ3n) is 3.79. The van der Waals surface area contributed by atoms with Crippen LogP contribution in [0.15, 0.2) is 0 Å². The summed E-state index contributed by atoms with van der Waals surface area (Å²) in [5.74, 6) is -1.88. The lowest BCUT2D eigenvalue weighted by molar-refractivity contribution is -0.153. The van der Waals surface area contributed by atoms with Crippen molar-refractivity contribution in [2.24, 2.45) is 17.4 Å². The summed E-state index contributed by atoms with van der Waals surface area (Å²) in [7, 11) is 0. The fraction of sp³-hybridized carbons (Fsp3) is 0.824. The minimum atomic E-state index is -1.23. The van der Waals surface area contributed by atoms with Gasteiger partial charge in [0.15, 0.2) is 0 Å². The Kier molecular flexibility index (Phi) is 10.5. The van der Waals surface area contributed by atoms with Gasteiger partial charge in [0.1, 0.15) is 6.54 Å². The molecule has 0 spiro atoms. The number of nitrogens with zero attached hydrogens (tertiary/aromatic N) is 1. The van der Waals surface area contributed by atoms with E-state index in [1.54, 1.807) is 0 Å². The summed E-state index contributed by atoms with van der Waals surface area (Å²) >= 11 is 0. The molecule has 0 aromatic rings. The number of nitrogens with two attached hydrogens (primary N) is 2. The van der Waals surface area contributed by atoms with Crippen molar-refractivity contribution in [1.82, 2.24) is 4.90 Å². The highest BCUT2D eigenvalue weighted by Gasteiger charge is 2.30. The molecule has 24 heavy (non-hydrogen) atoms. The summed E-state index contributed by atoms with van der Waals surface area (Å²) in [6.45, 7) is 5.48. The lowest BCUT2D eigenvalue weighted by Gasteiger charge is -2.27. The van der Waals surface area contributed by atoms with Crippen molar-refractivity contribution in [3.63, 3.8) is 0 Å². The number of carboxylic acids is 1. The first-order valence-electron chi connectivity index (χ1n) is 8.71.